The van der Waals surface area contributed by atoms with E-state index >= 15 is 0 Å². The van der Waals surface area contributed by atoms with Gasteiger partial charge in [-0.2, -0.15) is 4.31 Å². The fourth-order valence-electron chi connectivity index (χ4n) is 2.70. The van der Waals surface area contributed by atoms with Crippen molar-refractivity contribution in [1.29, 1.82) is 0 Å². The Kier molecular flexibility index (Phi) is 4.14. The van der Waals surface area contributed by atoms with Crippen molar-refractivity contribution in [1.82, 2.24) is 4.31 Å². The average Bonchev–Trinajstić information content (AvgIpc) is 2.90. The van der Waals surface area contributed by atoms with Gasteiger partial charge < -0.3 is 14.9 Å². The van der Waals surface area contributed by atoms with Crippen LogP contribution in [0.5, 0.6) is 0 Å². The van der Waals surface area contributed by atoms with E-state index in [1.54, 1.807) is 6.92 Å². The predicted molar refractivity (Wildman–Crippen MR) is 75.5 cm³/mol. The summed E-state index contributed by atoms with van der Waals surface area (Å²) in [5, 5.41) is 0. The van der Waals surface area contributed by atoms with E-state index in [-0.39, 0.29) is 34.1 Å². The van der Waals surface area contributed by atoms with Crippen molar-refractivity contribution in [2.24, 2.45) is 5.73 Å². The van der Waals surface area contributed by atoms with Crippen LogP contribution in [-0.2, 0) is 14.8 Å². The van der Waals surface area contributed by atoms with Crippen LogP contribution in [0.3, 0.4) is 0 Å². The van der Waals surface area contributed by atoms with E-state index in [4.69, 9.17) is 10.2 Å². The molecular weight excluding hydrogens is 296 g/mol. The predicted octanol–water partition coefficient (Wildman–Crippen LogP) is 0.793. The van der Waals surface area contributed by atoms with Crippen LogP contribution >= 0.6 is 0 Å². The Hall–Kier alpha value is -1.38. The van der Waals surface area contributed by atoms with Crippen LogP contribution < -0.4 is 5.73 Å². The largest absolute Gasteiger partial charge is 0.465 e. The number of nitrogens with two attached hydrogens (primary N) is 1. The van der Waals surface area contributed by atoms with Crippen LogP contribution in [0, 0.1) is 13.8 Å². The van der Waals surface area contributed by atoms with Crippen molar-refractivity contribution >= 4 is 16.0 Å². The van der Waals surface area contributed by atoms with Gasteiger partial charge >= 0.3 is 5.97 Å². The summed E-state index contributed by atoms with van der Waals surface area (Å²) in [7, 11) is -2.65. The van der Waals surface area contributed by atoms with E-state index in [0.29, 0.717) is 13.0 Å². The molecule has 1 aliphatic heterocycles. The van der Waals surface area contributed by atoms with Gasteiger partial charge in [0.25, 0.3) is 0 Å². The maximum Gasteiger partial charge on any atom is 0.342 e. The fourth-order valence-corrected chi connectivity index (χ4v) is 4.77. The number of rotatable bonds is 3. The zero-order valence-corrected chi connectivity index (χ0v) is 13.4. The minimum absolute atomic E-state index is 0.0392. The van der Waals surface area contributed by atoms with E-state index in [2.05, 4.69) is 4.74 Å². The molecule has 0 amide bonds. The molecule has 21 heavy (non-hydrogen) atoms. The second-order valence-electron chi connectivity index (χ2n) is 5.22. The zero-order chi connectivity index (χ0) is 15.9. The molecule has 1 aromatic rings. The molecule has 0 aliphatic carbocycles. The van der Waals surface area contributed by atoms with Crippen LogP contribution in [0.25, 0.3) is 0 Å². The molecule has 1 aromatic heterocycles. The molecule has 1 aliphatic rings. The molecule has 7 nitrogen and oxygen atoms in total. The Morgan fingerprint density at radius 3 is 2.48 bits per heavy atom. The van der Waals surface area contributed by atoms with Gasteiger partial charge in [-0.25, -0.2) is 13.2 Å². The highest BCUT2D eigenvalue weighted by atomic mass is 32.2. The first kappa shape index (κ1) is 16.0. The third-order valence-corrected chi connectivity index (χ3v) is 6.06. The highest BCUT2D eigenvalue weighted by Gasteiger charge is 2.41. The van der Waals surface area contributed by atoms with Crippen molar-refractivity contribution in [3.8, 4) is 0 Å². The first-order valence-electron chi connectivity index (χ1n) is 6.67. The van der Waals surface area contributed by atoms with Gasteiger partial charge in [-0.1, -0.05) is 0 Å². The number of aryl methyl sites for hydroxylation is 2. The number of methoxy groups -OCH3 is 1. The highest BCUT2D eigenvalue weighted by molar-refractivity contribution is 7.89. The lowest BCUT2D eigenvalue weighted by Crippen LogP contribution is -2.40. The monoisotopic (exact) mass is 316 g/mol. The number of furan rings is 1. The number of sulfonamides is 1. The summed E-state index contributed by atoms with van der Waals surface area (Å²) < 4.78 is 37.1. The van der Waals surface area contributed by atoms with Gasteiger partial charge in [-0.05, 0) is 27.2 Å². The minimum atomic E-state index is -3.86. The molecule has 0 spiro atoms. The molecule has 2 N–H and O–H groups in total. The molecule has 2 atom stereocenters. The number of carbonyl (C=O) groups excluding carboxylic acids is 1. The smallest absolute Gasteiger partial charge is 0.342 e. The molecule has 118 valence electrons. The van der Waals surface area contributed by atoms with E-state index in [1.807, 2.05) is 0 Å². The second kappa shape index (κ2) is 5.43. The number of esters is 1. The summed E-state index contributed by atoms with van der Waals surface area (Å²) in [6.07, 6.45) is 0.587. The quantitative estimate of drug-likeness (QED) is 0.827. The standard InChI is InChI=1S/C13H20N2O5S/c1-7-10(14)5-6-15(7)21(17,18)12-9(3)20-8(2)11(12)13(16)19-4/h7,10H,5-6,14H2,1-4H3. The lowest BCUT2D eigenvalue weighted by molar-refractivity contribution is 0.0594. The number of hydrogen-bond acceptors (Lipinski definition) is 6. The molecular formula is C13H20N2O5S. The van der Waals surface area contributed by atoms with Gasteiger partial charge in [-0.15, -0.1) is 0 Å². The number of ether oxygens (including phenoxy) is 1. The molecule has 0 radical (unpaired) electrons. The molecule has 1 fully saturated rings. The molecule has 0 aromatic carbocycles. The summed E-state index contributed by atoms with van der Waals surface area (Å²) in [6, 6.07) is -0.537. The first-order valence-corrected chi connectivity index (χ1v) is 8.11. The third kappa shape index (κ3) is 2.47. The van der Waals surface area contributed by atoms with E-state index in [1.165, 1.54) is 25.3 Å². The van der Waals surface area contributed by atoms with Crippen molar-refractivity contribution in [2.45, 2.75) is 44.2 Å². The lowest BCUT2D eigenvalue weighted by Gasteiger charge is -2.22. The van der Waals surface area contributed by atoms with E-state index in [9.17, 15) is 13.2 Å². The molecule has 0 saturated carbocycles. The van der Waals surface area contributed by atoms with Crippen LogP contribution in [0.1, 0.15) is 35.2 Å². The Balaban J connectivity index is 2.58. The van der Waals surface area contributed by atoms with Crippen LogP contribution in [0.4, 0.5) is 0 Å². The van der Waals surface area contributed by atoms with Crippen LogP contribution in [-0.4, -0.2) is 44.4 Å². The Bertz CT molecular complexity index is 664. The number of hydrogen-bond donors (Lipinski definition) is 1. The van der Waals surface area contributed by atoms with Crippen molar-refractivity contribution < 1.29 is 22.4 Å². The van der Waals surface area contributed by atoms with Gasteiger partial charge in [0.05, 0.1) is 7.11 Å². The normalized spacial score (nSPS) is 23.5. The summed E-state index contributed by atoms with van der Waals surface area (Å²) >= 11 is 0. The second-order valence-corrected chi connectivity index (χ2v) is 7.05. The average molecular weight is 316 g/mol. The number of carbonyl (C=O) groups is 1. The molecule has 2 rings (SSSR count). The van der Waals surface area contributed by atoms with Gasteiger partial charge in [0.1, 0.15) is 22.0 Å². The van der Waals surface area contributed by atoms with Gasteiger partial charge in [0.15, 0.2) is 0 Å². The Morgan fingerprint density at radius 2 is 2.00 bits per heavy atom. The van der Waals surface area contributed by atoms with Gasteiger partial charge in [0, 0.05) is 18.6 Å². The lowest BCUT2D eigenvalue weighted by atomic mass is 10.2. The maximum absolute atomic E-state index is 12.9. The van der Waals surface area contributed by atoms with Crippen molar-refractivity contribution in [2.75, 3.05) is 13.7 Å². The van der Waals surface area contributed by atoms with Crippen LogP contribution in [0.2, 0.25) is 0 Å². The minimum Gasteiger partial charge on any atom is -0.465 e. The SMILES string of the molecule is COC(=O)c1c(C)oc(C)c1S(=O)(=O)N1CCC(N)C1C. The first-order chi connectivity index (χ1) is 9.71. The van der Waals surface area contributed by atoms with Crippen molar-refractivity contribution in [3.05, 3.63) is 17.1 Å². The molecule has 0 bridgehead atoms. The van der Waals surface area contributed by atoms with Gasteiger partial charge in [0.2, 0.25) is 10.0 Å². The number of nitrogens with zero attached hydrogens (tertiary/aromatic N) is 1. The molecule has 2 heterocycles. The fraction of sp³-hybridized carbons (Fsp3) is 0.615. The Morgan fingerprint density at radius 1 is 1.38 bits per heavy atom. The third-order valence-electron chi connectivity index (χ3n) is 3.92. The van der Waals surface area contributed by atoms with Crippen molar-refractivity contribution in [3.63, 3.8) is 0 Å². The highest BCUT2D eigenvalue weighted by Crippen LogP contribution is 2.33. The van der Waals surface area contributed by atoms with E-state index in [0.717, 1.165) is 0 Å². The molecule has 2 unspecified atom stereocenters. The summed E-state index contributed by atoms with van der Waals surface area (Å²) in [5.41, 5.74) is 5.85. The topological polar surface area (TPSA) is 103 Å². The van der Waals surface area contributed by atoms with Gasteiger partial charge in [-0.3, -0.25) is 0 Å². The maximum atomic E-state index is 12.9. The van der Waals surface area contributed by atoms with E-state index < -0.39 is 16.0 Å². The summed E-state index contributed by atoms with van der Waals surface area (Å²) in [4.78, 5) is 11.8. The zero-order valence-electron chi connectivity index (χ0n) is 12.5. The van der Waals surface area contributed by atoms with Crippen LogP contribution in [0.15, 0.2) is 9.31 Å². The Labute approximate surface area is 124 Å². The summed E-state index contributed by atoms with van der Waals surface area (Å²) in [5.74, 6) is -0.311. The molecule has 8 heteroatoms. The summed E-state index contributed by atoms with van der Waals surface area (Å²) in [6.45, 7) is 5.15. The molecule has 1 saturated heterocycles.